The molecule has 0 saturated heterocycles. The largest absolute Gasteiger partial charge is 0.449 e. The van der Waals surface area contributed by atoms with Crippen LogP contribution < -0.4 is 5.32 Å². The third kappa shape index (κ3) is 4.53. The Morgan fingerprint density at radius 3 is 2.33 bits per heavy atom. The third-order valence-corrected chi connectivity index (χ3v) is 5.76. The van der Waals surface area contributed by atoms with Gasteiger partial charge in [-0.2, -0.15) is 0 Å². The molecule has 1 aliphatic rings. The number of hydrogen-bond donors (Lipinski definition) is 1. The van der Waals surface area contributed by atoms with Gasteiger partial charge in [-0.15, -0.1) is 0 Å². The summed E-state index contributed by atoms with van der Waals surface area (Å²) in [6, 6.07) is 21.9. The lowest BCUT2D eigenvalue weighted by Gasteiger charge is -2.14. The van der Waals surface area contributed by atoms with E-state index < -0.39 is 6.09 Å². The van der Waals surface area contributed by atoms with Crippen LogP contribution in [0.5, 0.6) is 0 Å². The van der Waals surface area contributed by atoms with Crippen LogP contribution in [0, 0.1) is 0 Å². The number of ether oxygens (including phenoxy) is 1. The number of carbonyl (C=O) groups excluding carboxylic acids is 1. The number of carbonyl (C=O) groups is 1. The second-order valence-electron chi connectivity index (χ2n) is 7.11. The second-order valence-corrected chi connectivity index (χ2v) is 7.95. The molecule has 0 bridgehead atoms. The summed E-state index contributed by atoms with van der Waals surface area (Å²) in [6.07, 6.45) is 4.09. The average molecular weight is 438 g/mol. The quantitative estimate of drug-likeness (QED) is 0.424. The van der Waals surface area contributed by atoms with Crippen molar-refractivity contribution in [3.63, 3.8) is 0 Å². The lowest BCUT2D eigenvalue weighted by atomic mass is 9.98. The van der Waals surface area contributed by atoms with Gasteiger partial charge in [0, 0.05) is 22.5 Å². The van der Waals surface area contributed by atoms with Crippen LogP contribution in [0.15, 0.2) is 72.8 Å². The Labute approximate surface area is 186 Å². The number of hydrogen-bond acceptors (Lipinski definition) is 2. The highest BCUT2D eigenvalue weighted by Crippen LogP contribution is 2.44. The molecule has 0 heterocycles. The van der Waals surface area contributed by atoms with E-state index in [2.05, 4.69) is 29.6 Å². The molecule has 4 rings (SSSR count). The van der Waals surface area contributed by atoms with Crippen molar-refractivity contribution in [2.24, 2.45) is 0 Å². The van der Waals surface area contributed by atoms with Gasteiger partial charge in [0.2, 0.25) is 0 Å². The van der Waals surface area contributed by atoms with Gasteiger partial charge in [-0.3, -0.25) is 0 Å². The average Bonchev–Trinajstić information content (AvgIpc) is 3.08. The molecule has 0 atom stereocenters. The van der Waals surface area contributed by atoms with Gasteiger partial charge in [-0.1, -0.05) is 83.9 Å². The fraction of sp³-hybridized carbons (Fsp3) is 0.160. The molecule has 0 aromatic heterocycles. The minimum atomic E-state index is -0.411. The summed E-state index contributed by atoms with van der Waals surface area (Å²) in [5, 5.41) is 4.07. The van der Waals surface area contributed by atoms with Gasteiger partial charge in [0.25, 0.3) is 0 Å². The van der Waals surface area contributed by atoms with Crippen molar-refractivity contribution in [3.8, 4) is 11.1 Å². The first-order valence-electron chi connectivity index (χ1n) is 9.84. The van der Waals surface area contributed by atoms with E-state index >= 15 is 0 Å². The summed E-state index contributed by atoms with van der Waals surface area (Å²) >= 11 is 12.1. The summed E-state index contributed by atoms with van der Waals surface area (Å²) in [7, 11) is 0. The molecule has 3 aromatic carbocycles. The van der Waals surface area contributed by atoms with Gasteiger partial charge in [0.1, 0.15) is 6.61 Å². The molecule has 1 aliphatic carbocycles. The van der Waals surface area contributed by atoms with Crippen LogP contribution in [-0.4, -0.2) is 19.2 Å². The molecular weight excluding hydrogens is 417 g/mol. The van der Waals surface area contributed by atoms with E-state index in [0.29, 0.717) is 29.6 Å². The molecule has 0 aliphatic heterocycles. The third-order valence-electron chi connectivity index (χ3n) is 5.18. The normalized spacial score (nSPS) is 12.6. The SMILES string of the molecule is O=C(NCCC=Cc1cc(Cl)ccc1Cl)OCC1c2ccccc2-c2ccccc21. The Bertz CT molecular complexity index is 1050. The van der Waals surface area contributed by atoms with Gasteiger partial charge in [-0.05, 0) is 52.4 Å². The maximum Gasteiger partial charge on any atom is 0.407 e. The summed E-state index contributed by atoms with van der Waals surface area (Å²) in [6.45, 7) is 0.791. The standard InChI is InChI=1S/C25H21Cl2NO2/c26-18-12-13-24(27)17(15-18)7-5-6-14-28-25(29)30-16-23-21-10-3-1-8-19(21)20-9-2-4-11-22(20)23/h1-5,7-13,15,23H,6,14,16H2,(H,28,29). The van der Waals surface area contributed by atoms with E-state index in [0.717, 1.165) is 5.56 Å². The maximum absolute atomic E-state index is 12.2. The Hall–Kier alpha value is -2.75. The molecule has 0 saturated carbocycles. The first-order chi connectivity index (χ1) is 14.6. The number of halogens is 2. The predicted octanol–water partition coefficient (Wildman–Crippen LogP) is 6.94. The zero-order chi connectivity index (χ0) is 20.9. The Kier molecular flexibility index (Phi) is 6.41. The molecule has 1 amide bonds. The Morgan fingerprint density at radius 2 is 1.63 bits per heavy atom. The summed E-state index contributed by atoms with van der Waals surface area (Å²) in [4.78, 5) is 12.2. The first-order valence-corrected chi connectivity index (χ1v) is 10.6. The highest BCUT2D eigenvalue weighted by atomic mass is 35.5. The van der Waals surface area contributed by atoms with Crippen LogP contribution in [0.25, 0.3) is 17.2 Å². The Morgan fingerprint density at radius 1 is 0.967 bits per heavy atom. The van der Waals surface area contributed by atoms with Crippen LogP contribution in [0.2, 0.25) is 10.0 Å². The van der Waals surface area contributed by atoms with Crippen molar-refractivity contribution >= 4 is 35.4 Å². The van der Waals surface area contributed by atoms with E-state index in [-0.39, 0.29) is 5.92 Å². The molecule has 152 valence electrons. The highest BCUT2D eigenvalue weighted by molar-refractivity contribution is 6.34. The van der Waals surface area contributed by atoms with Crippen molar-refractivity contribution in [3.05, 3.63) is 99.5 Å². The van der Waals surface area contributed by atoms with Crippen molar-refractivity contribution in [1.82, 2.24) is 5.32 Å². The van der Waals surface area contributed by atoms with Crippen molar-refractivity contribution < 1.29 is 9.53 Å². The zero-order valence-electron chi connectivity index (χ0n) is 16.3. The van der Waals surface area contributed by atoms with E-state index in [9.17, 15) is 4.79 Å². The summed E-state index contributed by atoms with van der Waals surface area (Å²) in [5.41, 5.74) is 5.69. The fourth-order valence-corrected chi connectivity index (χ4v) is 4.12. The Balaban J connectivity index is 1.28. The van der Waals surface area contributed by atoms with Crippen LogP contribution in [0.4, 0.5) is 4.79 Å². The van der Waals surface area contributed by atoms with E-state index in [1.807, 2.05) is 36.4 Å². The summed E-state index contributed by atoms with van der Waals surface area (Å²) < 4.78 is 5.53. The fourth-order valence-electron chi connectivity index (χ4n) is 3.76. The van der Waals surface area contributed by atoms with Gasteiger partial charge < -0.3 is 10.1 Å². The molecule has 3 aromatic rings. The van der Waals surface area contributed by atoms with Crippen LogP contribution in [0.3, 0.4) is 0 Å². The molecular formula is C25H21Cl2NO2. The molecule has 0 unspecified atom stereocenters. The molecule has 0 spiro atoms. The van der Waals surface area contributed by atoms with Gasteiger partial charge in [-0.25, -0.2) is 4.79 Å². The van der Waals surface area contributed by atoms with Crippen LogP contribution in [0.1, 0.15) is 29.0 Å². The monoisotopic (exact) mass is 437 g/mol. The van der Waals surface area contributed by atoms with E-state index in [1.165, 1.54) is 22.3 Å². The van der Waals surface area contributed by atoms with Crippen molar-refractivity contribution in [2.75, 3.05) is 13.2 Å². The molecule has 0 fully saturated rings. The minimum Gasteiger partial charge on any atom is -0.449 e. The number of benzene rings is 3. The number of fused-ring (bicyclic) bond motifs is 3. The van der Waals surface area contributed by atoms with Gasteiger partial charge in [0.15, 0.2) is 0 Å². The predicted molar refractivity (Wildman–Crippen MR) is 123 cm³/mol. The van der Waals surface area contributed by atoms with Crippen molar-refractivity contribution in [2.45, 2.75) is 12.3 Å². The lowest BCUT2D eigenvalue weighted by molar-refractivity contribution is 0.143. The van der Waals surface area contributed by atoms with Gasteiger partial charge in [0.05, 0.1) is 0 Å². The highest BCUT2D eigenvalue weighted by Gasteiger charge is 2.28. The summed E-state index contributed by atoms with van der Waals surface area (Å²) in [5.74, 6) is 0.0630. The topological polar surface area (TPSA) is 38.3 Å². The minimum absolute atomic E-state index is 0.0630. The van der Waals surface area contributed by atoms with Gasteiger partial charge >= 0.3 is 6.09 Å². The number of rotatable bonds is 6. The first kappa shape index (κ1) is 20.5. The van der Waals surface area contributed by atoms with E-state index in [1.54, 1.807) is 18.2 Å². The molecule has 30 heavy (non-hydrogen) atoms. The van der Waals surface area contributed by atoms with Crippen molar-refractivity contribution in [1.29, 1.82) is 0 Å². The smallest absolute Gasteiger partial charge is 0.407 e. The van der Waals surface area contributed by atoms with Crippen LogP contribution >= 0.6 is 23.2 Å². The lowest BCUT2D eigenvalue weighted by Crippen LogP contribution is -2.26. The second kappa shape index (κ2) is 9.38. The number of alkyl carbamates (subject to hydrolysis) is 1. The van der Waals surface area contributed by atoms with E-state index in [4.69, 9.17) is 27.9 Å². The zero-order valence-corrected chi connectivity index (χ0v) is 17.8. The number of nitrogens with one attached hydrogen (secondary N) is 1. The molecule has 5 heteroatoms. The van der Waals surface area contributed by atoms with Crippen LogP contribution in [-0.2, 0) is 4.74 Å². The molecule has 0 radical (unpaired) electrons. The maximum atomic E-state index is 12.2. The molecule has 3 nitrogen and oxygen atoms in total. The molecule has 1 N–H and O–H groups in total. The number of amides is 1.